The zero-order chi connectivity index (χ0) is 14.5. The summed E-state index contributed by atoms with van der Waals surface area (Å²) in [6.45, 7) is 0. The Hall–Kier alpha value is -1.16. The molecule has 2 aromatic rings. The molecule has 0 atom stereocenters. The first-order valence-electron chi connectivity index (χ1n) is 6.02. The topological polar surface area (TPSA) is 49.9 Å². The summed E-state index contributed by atoms with van der Waals surface area (Å²) < 4.78 is 0. The van der Waals surface area contributed by atoms with Crippen molar-refractivity contribution in [3.8, 4) is 0 Å². The van der Waals surface area contributed by atoms with Gasteiger partial charge < -0.3 is 5.73 Å². The van der Waals surface area contributed by atoms with Gasteiger partial charge in [0.05, 0.1) is 0 Å². The second kappa shape index (κ2) is 7.02. The molecule has 0 unspecified atom stereocenters. The monoisotopic (exact) mass is 324 g/mol. The third-order valence-electron chi connectivity index (χ3n) is 2.84. The highest BCUT2D eigenvalue weighted by molar-refractivity contribution is 7.97. The number of nitrogen functional groups attached to an aromatic ring is 1. The third-order valence-corrected chi connectivity index (χ3v) is 4.59. The van der Waals surface area contributed by atoms with Crippen LogP contribution in [0.25, 0.3) is 0 Å². The van der Waals surface area contributed by atoms with E-state index in [1.54, 1.807) is 17.8 Å². The predicted octanol–water partition coefficient (Wildman–Crippen LogP) is 4.71. The summed E-state index contributed by atoms with van der Waals surface area (Å²) in [4.78, 5) is 0. The molecular formula is C15H14Cl2N2S. The Morgan fingerprint density at radius 1 is 1.00 bits per heavy atom. The fourth-order valence-corrected chi connectivity index (χ4v) is 3.37. The largest absolute Gasteiger partial charge is 0.384 e. The fourth-order valence-electron chi connectivity index (χ4n) is 1.72. The molecule has 0 bridgehead atoms. The molecule has 0 radical (unpaired) electrons. The molecule has 20 heavy (non-hydrogen) atoms. The average molecular weight is 325 g/mol. The fraction of sp³-hybridized carbons (Fsp3) is 0.133. The molecule has 0 aliphatic heterocycles. The zero-order valence-electron chi connectivity index (χ0n) is 10.7. The minimum Gasteiger partial charge on any atom is -0.384 e. The number of hydrogen-bond acceptors (Lipinski definition) is 2. The summed E-state index contributed by atoms with van der Waals surface area (Å²) >= 11 is 14.1. The van der Waals surface area contributed by atoms with Crippen molar-refractivity contribution in [2.24, 2.45) is 5.73 Å². The predicted molar refractivity (Wildman–Crippen MR) is 88.9 cm³/mol. The lowest BCUT2D eigenvalue weighted by Crippen LogP contribution is -2.10. The van der Waals surface area contributed by atoms with Crippen LogP contribution >= 0.6 is 35.0 Å². The van der Waals surface area contributed by atoms with E-state index < -0.39 is 0 Å². The van der Waals surface area contributed by atoms with Crippen LogP contribution in [0, 0.1) is 5.41 Å². The van der Waals surface area contributed by atoms with Crippen molar-refractivity contribution in [1.29, 1.82) is 5.41 Å². The molecule has 2 rings (SSSR count). The molecule has 0 heterocycles. The van der Waals surface area contributed by atoms with E-state index in [4.69, 9.17) is 34.3 Å². The van der Waals surface area contributed by atoms with Crippen LogP contribution < -0.4 is 5.73 Å². The van der Waals surface area contributed by atoms with Gasteiger partial charge in [-0.05, 0) is 23.3 Å². The van der Waals surface area contributed by atoms with Gasteiger partial charge in [-0.25, -0.2) is 0 Å². The Kier molecular flexibility index (Phi) is 5.35. The minimum atomic E-state index is 0.0298. The molecule has 0 fully saturated rings. The van der Waals surface area contributed by atoms with Crippen LogP contribution in [0.2, 0.25) is 10.0 Å². The van der Waals surface area contributed by atoms with Crippen LogP contribution in [0.1, 0.15) is 16.7 Å². The Labute approximate surface area is 132 Å². The first-order valence-corrected chi connectivity index (χ1v) is 7.93. The highest BCUT2D eigenvalue weighted by Crippen LogP contribution is 2.26. The Balaban J connectivity index is 1.98. The van der Waals surface area contributed by atoms with Crippen molar-refractivity contribution >= 4 is 40.8 Å². The van der Waals surface area contributed by atoms with E-state index in [0.29, 0.717) is 10.6 Å². The quantitative estimate of drug-likeness (QED) is 0.618. The molecule has 2 aromatic carbocycles. The van der Waals surface area contributed by atoms with E-state index >= 15 is 0 Å². The number of nitrogens with one attached hydrogen (secondary N) is 1. The summed E-state index contributed by atoms with van der Waals surface area (Å²) in [5, 5.41) is 8.81. The van der Waals surface area contributed by atoms with E-state index in [-0.39, 0.29) is 5.84 Å². The maximum atomic E-state index is 7.38. The number of halogens is 2. The van der Waals surface area contributed by atoms with E-state index in [0.717, 1.165) is 27.7 Å². The summed E-state index contributed by atoms with van der Waals surface area (Å²) in [6, 6.07) is 13.3. The molecule has 0 spiro atoms. The molecule has 0 saturated carbocycles. The van der Waals surface area contributed by atoms with Crippen LogP contribution in [-0.2, 0) is 11.5 Å². The van der Waals surface area contributed by atoms with E-state index in [1.165, 1.54) is 0 Å². The lowest BCUT2D eigenvalue weighted by atomic mass is 10.1. The van der Waals surface area contributed by atoms with Gasteiger partial charge in [-0.1, -0.05) is 53.5 Å². The highest BCUT2D eigenvalue weighted by atomic mass is 35.5. The van der Waals surface area contributed by atoms with Gasteiger partial charge >= 0.3 is 0 Å². The number of rotatable bonds is 5. The number of benzene rings is 2. The maximum Gasteiger partial charge on any atom is 0.122 e. The van der Waals surface area contributed by atoms with Crippen molar-refractivity contribution in [2.75, 3.05) is 0 Å². The van der Waals surface area contributed by atoms with Gasteiger partial charge in [0.1, 0.15) is 5.84 Å². The molecule has 104 valence electrons. The van der Waals surface area contributed by atoms with Crippen molar-refractivity contribution in [3.63, 3.8) is 0 Å². The lowest BCUT2D eigenvalue weighted by molar-refractivity contribution is 1.35. The van der Waals surface area contributed by atoms with Gasteiger partial charge in [-0.15, -0.1) is 0 Å². The summed E-state index contributed by atoms with van der Waals surface area (Å²) in [5.41, 5.74) is 8.24. The van der Waals surface area contributed by atoms with Gasteiger partial charge in [0, 0.05) is 27.1 Å². The Bertz CT molecular complexity index is 629. The SMILES string of the molecule is N=C(N)c1ccc(CSCc2ccccc2Cl)c(Cl)c1. The second-order valence-electron chi connectivity index (χ2n) is 4.30. The molecule has 0 amide bonds. The molecule has 3 N–H and O–H groups in total. The smallest absolute Gasteiger partial charge is 0.122 e. The normalized spacial score (nSPS) is 10.5. The summed E-state index contributed by atoms with van der Waals surface area (Å²) in [7, 11) is 0. The maximum absolute atomic E-state index is 7.38. The standard InChI is InChI=1S/C15H14Cl2N2S/c16-13-4-2-1-3-11(13)8-20-9-12-6-5-10(15(18)19)7-14(12)17/h1-7H,8-9H2,(H3,18,19). The van der Waals surface area contributed by atoms with Crippen molar-refractivity contribution in [2.45, 2.75) is 11.5 Å². The summed E-state index contributed by atoms with van der Waals surface area (Å²) in [5.74, 6) is 1.66. The Morgan fingerprint density at radius 3 is 2.25 bits per heavy atom. The molecule has 0 aliphatic carbocycles. The van der Waals surface area contributed by atoms with Crippen LogP contribution in [-0.4, -0.2) is 5.84 Å². The number of hydrogen-bond donors (Lipinski definition) is 2. The van der Waals surface area contributed by atoms with Gasteiger partial charge in [-0.3, -0.25) is 5.41 Å². The van der Waals surface area contributed by atoms with Crippen LogP contribution in [0.3, 0.4) is 0 Å². The molecular weight excluding hydrogens is 311 g/mol. The van der Waals surface area contributed by atoms with E-state index in [9.17, 15) is 0 Å². The number of thioether (sulfide) groups is 1. The average Bonchev–Trinajstić information content (AvgIpc) is 2.42. The zero-order valence-corrected chi connectivity index (χ0v) is 13.0. The Morgan fingerprint density at radius 2 is 1.65 bits per heavy atom. The lowest BCUT2D eigenvalue weighted by Gasteiger charge is -2.07. The van der Waals surface area contributed by atoms with Crippen molar-refractivity contribution in [3.05, 3.63) is 69.2 Å². The van der Waals surface area contributed by atoms with Gasteiger partial charge in [-0.2, -0.15) is 11.8 Å². The second-order valence-corrected chi connectivity index (χ2v) is 6.10. The molecule has 5 heteroatoms. The first kappa shape index (κ1) is 15.2. The minimum absolute atomic E-state index is 0.0298. The first-order chi connectivity index (χ1) is 9.58. The van der Waals surface area contributed by atoms with Crippen LogP contribution in [0.4, 0.5) is 0 Å². The van der Waals surface area contributed by atoms with Gasteiger partial charge in [0.15, 0.2) is 0 Å². The van der Waals surface area contributed by atoms with E-state index in [1.807, 2.05) is 36.4 Å². The summed E-state index contributed by atoms with van der Waals surface area (Å²) in [6.07, 6.45) is 0. The molecule has 0 aromatic heterocycles. The van der Waals surface area contributed by atoms with Gasteiger partial charge in [0.25, 0.3) is 0 Å². The third kappa shape index (κ3) is 3.92. The van der Waals surface area contributed by atoms with Crippen molar-refractivity contribution in [1.82, 2.24) is 0 Å². The molecule has 0 saturated heterocycles. The van der Waals surface area contributed by atoms with Crippen LogP contribution in [0.15, 0.2) is 42.5 Å². The van der Waals surface area contributed by atoms with Crippen LogP contribution in [0.5, 0.6) is 0 Å². The van der Waals surface area contributed by atoms with Gasteiger partial charge in [0.2, 0.25) is 0 Å². The van der Waals surface area contributed by atoms with Crippen molar-refractivity contribution < 1.29 is 0 Å². The van der Waals surface area contributed by atoms with E-state index in [2.05, 4.69) is 0 Å². The number of nitrogens with two attached hydrogens (primary N) is 1. The highest BCUT2D eigenvalue weighted by Gasteiger charge is 2.05. The molecule has 2 nitrogen and oxygen atoms in total. The molecule has 0 aliphatic rings. The number of amidine groups is 1.